The molecule has 2 aromatic rings. The molecule has 0 atom stereocenters. The van der Waals surface area contributed by atoms with E-state index in [0.29, 0.717) is 17.2 Å². The van der Waals surface area contributed by atoms with Gasteiger partial charge in [0.1, 0.15) is 10.6 Å². The number of hydrogen-bond donors (Lipinski definition) is 0. The van der Waals surface area contributed by atoms with Crippen LogP contribution in [0.15, 0.2) is 47.2 Å². The van der Waals surface area contributed by atoms with Crippen LogP contribution < -0.4 is 5.49 Å². The second-order valence-electron chi connectivity index (χ2n) is 3.26. The van der Waals surface area contributed by atoms with Gasteiger partial charge in [-0.2, -0.15) is 4.51 Å². The van der Waals surface area contributed by atoms with Gasteiger partial charge < -0.3 is 4.57 Å². The topological polar surface area (TPSA) is 30.2 Å². The zero-order valence-corrected chi connectivity index (χ0v) is 9.86. The van der Waals surface area contributed by atoms with E-state index in [2.05, 4.69) is 9.50 Å². The zero-order chi connectivity index (χ0) is 11.4. The van der Waals surface area contributed by atoms with E-state index < -0.39 is 0 Å². The standard InChI is InChI=1S/C11H9Cl2N3/c12-10-5-4-9(7-14-10)8-16-6-2-1-3-11(16)15-13/h1-7H,8H2/b15-11+. The zero-order valence-electron chi connectivity index (χ0n) is 8.35. The van der Waals surface area contributed by atoms with Crippen LogP contribution >= 0.6 is 23.4 Å². The summed E-state index contributed by atoms with van der Waals surface area (Å²) in [5.74, 6) is 0. The molecule has 3 nitrogen and oxygen atoms in total. The Morgan fingerprint density at radius 1 is 1.25 bits per heavy atom. The van der Waals surface area contributed by atoms with Crippen molar-refractivity contribution < 1.29 is 0 Å². The second-order valence-corrected chi connectivity index (χ2v) is 3.82. The van der Waals surface area contributed by atoms with Gasteiger partial charge in [-0.1, -0.05) is 23.7 Å². The molecule has 0 saturated carbocycles. The van der Waals surface area contributed by atoms with Gasteiger partial charge in [0.15, 0.2) is 0 Å². The molecule has 0 aliphatic carbocycles. The highest BCUT2D eigenvalue weighted by Gasteiger charge is 1.96. The maximum absolute atomic E-state index is 5.72. The molecule has 0 bridgehead atoms. The third-order valence-corrected chi connectivity index (χ3v) is 2.54. The van der Waals surface area contributed by atoms with E-state index in [1.54, 1.807) is 12.3 Å². The fourth-order valence-electron chi connectivity index (χ4n) is 1.37. The SMILES string of the molecule is Cl/N=c1\ccccn1Cc1ccc(Cl)nc1. The van der Waals surface area contributed by atoms with Crippen LogP contribution in [0.1, 0.15) is 5.56 Å². The number of rotatable bonds is 2. The van der Waals surface area contributed by atoms with Gasteiger partial charge in [0.25, 0.3) is 0 Å². The molecule has 0 unspecified atom stereocenters. The van der Waals surface area contributed by atoms with Gasteiger partial charge in [-0.25, -0.2) is 4.98 Å². The van der Waals surface area contributed by atoms with Crippen molar-refractivity contribution in [3.8, 4) is 0 Å². The quantitative estimate of drug-likeness (QED) is 0.757. The number of nitrogens with zero attached hydrogens (tertiary/aromatic N) is 3. The van der Waals surface area contributed by atoms with Gasteiger partial charge >= 0.3 is 0 Å². The smallest absolute Gasteiger partial charge is 0.147 e. The minimum Gasteiger partial charge on any atom is -0.328 e. The van der Waals surface area contributed by atoms with Gasteiger partial charge in [-0.3, -0.25) is 0 Å². The number of pyridine rings is 2. The first-order valence-electron chi connectivity index (χ1n) is 4.70. The van der Waals surface area contributed by atoms with Crippen molar-refractivity contribution in [2.75, 3.05) is 0 Å². The minimum atomic E-state index is 0.490. The fourth-order valence-corrected chi connectivity index (χ4v) is 1.64. The van der Waals surface area contributed by atoms with Crippen LogP contribution in [-0.2, 0) is 6.54 Å². The van der Waals surface area contributed by atoms with E-state index in [4.69, 9.17) is 23.4 Å². The van der Waals surface area contributed by atoms with Crippen molar-refractivity contribution >= 4 is 23.4 Å². The Kier molecular flexibility index (Phi) is 3.59. The van der Waals surface area contributed by atoms with Crippen molar-refractivity contribution in [1.82, 2.24) is 9.55 Å². The largest absolute Gasteiger partial charge is 0.328 e. The Hall–Kier alpha value is -1.32. The molecule has 0 amide bonds. The van der Waals surface area contributed by atoms with E-state index in [0.717, 1.165) is 5.56 Å². The summed E-state index contributed by atoms with van der Waals surface area (Å²) < 4.78 is 5.60. The Balaban J connectivity index is 2.31. The summed E-state index contributed by atoms with van der Waals surface area (Å²) in [6.45, 7) is 0.663. The van der Waals surface area contributed by atoms with Gasteiger partial charge in [-0.15, -0.1) is 0 Å². The lowest BCUT2D eigenvalue weighted by Crippen LogP contribution is -2.19. The average molecular weight is 254 g/mol. The Labute approximate surface area is 103 Å². The van der Waals surface area contributed by atoms with E-state index in [9.17, 15) is 0 Å². The highest BCUT2D eigenvalue weighted by molar-refractivity contribution is 6.29. The van der Waals surface area contributed by atoms with Gasteiger partial charge in [0, 0.05) is 24.2 Å². The van der Waals surface area contributed by atoms with Crippen LogP contribution in [0.25, 0.3) is 0 Å². The summed E-state index contributed by atoms with van der Waals surface area (Å²) in [4.78, 5) is 4.02. The first kappa shape index (κ1) is 11.2. The summed E-state index contributed by atoms with van der Waals surface area (Å²) in [5.41, 5.74) is 1.75. The molecule has 16 heavy (non-hydrogen) atoms. The number of hydrogen-bond acceptors (Lipinski definition) is 2. The molecule has 0 fully saturated rings. The second kappa shape index (κ2) is 5.14. The van der Waals surface area contributed by atoms with E-state index >= 15 is 0 Å². The highest BCUT2D eigenvalue weighted by Crippen LogP contribution is 2.05. The molecule has 5 heteroatoms. The van der Waals surface area contributed by atoms with Crippen LogP contribution in [0.5, 0.6) is 0 Å². The number of aromatic nitrogens is 2. The molecule has 0 radical (unpaired) electrons. The molecule has 0 aromatic carbocycles. The van der Waals surface area contributed by atoms with E-state index in [1.165, 1.54) is 0 Å². The molecule has 0 saturated heterocycles. The lowest BCUT2D eigenvalue weighted by atomic mass is 10.3. The monoisotopic (exact) mass is 253 g/mol. The fraction of sp³-hybridized carbons (Fsp3) is 0.0909. The van der Waals surface area contributed by atoms with E-state index in [1.807, 2.05) is 35.0 Å². The maximum Gasteiger partial charge on any atom is 0.147 e. The lowest BCUT2D eigenvalue weighted by molar-refractivity contribution is 0.745. The average Bonchev–Trinajstić information content (AvgIpc) is 2.33. The third-order valence-electron chi connectivity index (χ3n) is 2.14. The molecule has 82 valence electrons. The van der Waals surface area contributed by atoms with Crippen LogP contribution in [0, 0.1) is 0 Å². The predicted molar refractivity (Wildman–Crippen MR) is 64.2 cm³/mol. The third kappa shape index (κ3) is 2.62. The highest BCUT2D eigenvalue weighted by atomic mass is 35.5. The van der Waals surface area contributed by atoms with Gasteiger partial charge in [0.05, 0.1) is 6.54 Å². The summed E-state index contributed by atoms with van der Waals surface area (Å²) >= 11 is 11.2. The van der Waals surface area contributed by atoms with Crippen molar-refractivity contribution in [2.45, 2.75) is 6.54 Å². The molecule has 0 aliphatic heterocycles. The Morgan fingerprint density at radius 2 is 2.12 bits per heavy atom. The molecular formula is C11H9Cl2N3. The van der Waals surface area contributed by atoms with Crippen LogP contribution in [0.3, 0.4) is 0 Å². The molecule has 0 N–H and O–H groups in total. The molecule has 2 heterocycles. The first-order chi connectivity index (χ1) is 7.79. The van der Waals surface area contributed by atoms with Crippen LogP contribution in [0.4, 0.5) is 0 Å². The minimum absolute atomic E-state index is 0.490. The van der Waals surface area contributed by atoms with Crippen molar-refractivity contribution in [1.29, 1.82) is 0 Å². The van der Waals surface area contributed by atoms with Gasteiger partial charge in [0.2, 0.25) is 0 Å². The molecule has 2 rings (SSSR count). The summed E-state index contributed by atoms with van der Waals surface area (Å²) in [6, 6.07) is 9.34. The summed E-state index contributed by atoms with van der Waals surface area (Å²) in [7, 11) is 0. The van der Waals surface area contributed by atoms with Crippen LogP contribution in [-0.4, -0.2) is 9.55 Å². The molecule has 2 aromatic heterocycles. The molecule has 0 aliphatic rings. The van der Waals surface area contributed by atoms with Crippen molar-refractivity contribution in [2.24, 2.45) is 4.51 Å². The maximum atomic E-state index is 5.72. The molecule has 0 spiro atoms. The lowest BCUT2D eigenvalue weighted by Gasteiger charge is -2.06. The summed E-state index contributed by atoms with van der Waals surface area (Å²) in [5, 5.41) is 0.490. The number of halogens is 2. The normalized spacial score (nSPS) is 11.8. The van der Waals surface area contributed by atoms with Crippen molar-refractivity contribution in [3.63, 3.8) is 0 Å². The van der Waals surface area contributed by atoms with Gasteiger partial charge in [-0.05, 0) is 23.8 Å². The summed E-state index contributed by atoms with van der Waals surface area (Å²) in [6.07, 6.45) is 3.65. The predicted octanol–water partition coefficient (Wildman–Crippen LogP) is 2.64. The molecular weight excluding hydrogens is 245 g/mol. The van der Waals surface area contributed by atoms with Crippen LogP contribution in [0.2, 0.25) is 5.15 Å². The first-order valence-corrected chi connectivity index (χ1v) is 5.42. The Morgan fingerprint density at radius 3 is 2.81 bits per heavy atom. The van der Waals surface area contributed by atoms with Crippen molar-refractivity contribution in [3.05, 3.63) is 58.9 Å². The Bertz CT molecular complexity index is 531. The van der Waals surface area contributed by atoms with E-state index in [-0.39, 0.29) is 0 Å².